The zero-order valence-electron chi connectivity index (χ0n) is 8.61. The van der Waals surface area contributed by atoms with Gasteiger partial charge >= 0.3 is 0 Å². The lowest BCUT2D eigenvalue weighted by molar-refractivity contribution is 0.301. The Balaban J connectivity index is 2.16. The van der Waals surface area contributed by atoms with Crippen molar-refractivity contribution in [3.63, 3.8) is 0 Å². The van der Waals surface area contributed by atoms with E-state index < -0.39 is 0 Å². The monoisotopic (exact) mass is 190 g/mol. The normalized spacial score (nSPS) is 32.9. The number of rotatable bonds is 1. The molecule has 0 bridgehead atoms. The standard InChI is InChI=1S/C12H18N2/c1-9-7-8-11(13)12(14-9)10-5-3-2-4-6-10/h2-6,9,11-12,14H,7-8,13H2,1H3/t9-,11+,12+/m1/s1. The Morgan fingerprint density at radius 2 is 1.93 bits per heavy atom. The first-order chi connectivity index (χ1) is 6.77. The molecule has 1 aromatic carbocycles. The SMILES string of the molecule is C[C@@H]1CC[C@H](N)[C@H](c2ccccc2)N1. The average Bonchev–Trinajstić information content (AvgIpc) is 2.23. The van der Waals surface area contributed by atoms with Gasteiger partial charge < -0.3 is 11.1 Å². The topological polar surface area (TPSA) is 38.0 Å². The molecular formula is C12H18N2. The van der Waals surface area contributed by atoms with Crippen molar-refractivity contribution >= 4 is 0 Å². The quantitative estimate of drug-likeness (QED) is 0.709. The van der Waals surface area contributed by atoms with E-state index in [1.807, 2.05) is 6.07 Å². The van der Waals surface area contributed by atoms with Gasteiger partial charge in [-0.1, -0.05) is 30.3 Å². The predicted molar refractivity (Wildman–Crippen MR) is 59.0 cm³/mol. The lowest BCUT2D eigenvalue weighted by Gasteiger charge is -2.34. The molecule has 1 heterocycles. The molecule has 2 heteroatoms. The summed E-state index contributed by atoms with van der Waals surface area (Å²) in [6.45, 7) is 2.22. The Morgan fingerprint density at radius 1 is 1.21 bits per heavy atom. The third-order valence-corrected chi connectivity index (χ3v) is 2.98. The summed E-state index contributed by atoms with van der Waals surface area (Å²) in [6.07, 6.45) is 2.30. The molecule has 1 aliphatic heterocycles. The second-order valence-corrected chi connectivity index (χ2v) is 4.20. The summed E-state index contributed by atoms with van der Waals surface area (Å²) in [7, 11) is 0. The second-order valence-electron chi connectivity index (χ2n) is 4.20. The van der Waals surface area contributed by atoms with Crippen molar-refractivity contribution in [2.75, 3.05) is 0 Å². The van der Waals surface area contributed by atoms with Crippen molar-refractivity contribution in [3.8, 4) is 0 Å². The van der Waals surface area contributed by atoms with Crippen molar-refractivity contribution in [3.05, 3.63) is 35.9 Å². The molecule has 0 saturated carbocycles. The van der Waals surface area contributed by atoms with Gasteiger partial charge in [-0.25, -0.2) is 0 Å². The largest absolute Gasteiger partial charge is 0.326 e. The molecule has 0 spiro atoms. The Bertz CT molecular complexity index is 284. The number of piperidine rings is 1. The van der Waals surface area contributed by atoms with Crippen LogP contribution in [0.1, 0.15) is 31.4 Å². The molecule has 0 amide bonds. The highest BCUT2D eigenvalue weighted by Crippen LogP contribution is 2.24. The van der Waals surface area contributed by atoms with Crippen LogP contribution in [-0.4, -0.2) is 12.1 Å². The van der Waals surface area contributed by atoms with E-state index in [0.717, 1.165) is 6.42 Å². The predicted octanol–water partition coefficient (Wildman–Crippen LogP) is 1.83. The number of nitrogens with one attached hydrogen (secondary N) is 1. The van der Waals surface area contributed by atoms with Gasteiger partial charge in [0.05, 0.1) is 0 Å². The third-order valence-electron chi connectivity index (χ3n) is 2.98. The lowest BCUT2D eigenvalue weighted by Crippen LogP contribution is -2.46. The molecule has 0 aromatic heterocycles. The first-order valence-corrected chi connectivity index (χ1v) is 5.34. The van der Waals surface area contributed by atoms with E-state index in [9.17, 15) is 0 Å². The fraction of sp³-hybridized carbons (Fsp3) is 0.500. The Kier molecular flexibility index (Phi) is 2.85. The molecule has 0 radical (unpaired) electrons. The molecule has 1 aliphatic rings. The van der Waals surface area contributed by atoms with E-state index in [2.05, 4.69) is 36.5 Å². The van der Waals surface area contributed by atoms with Gasteiger partial charge in [0.25, 0.3) is 0 Å². The van der Waals surface area contributed by atoms with Crippen LogP contribution in [-0.2, 0) is 0 Å². The van der Waals surface area contributed by atoms with Crippen molar-refractivity contribution < 1.29 is 0 Å². The smallest absolute Gasteiger partial charge is 0.0475 e. The van der Waals surface area contributed by atoms with Crippen LogP contribution in [0.5, 0.6) is 0 Å². The molecule has 3 atom stereocenters. The van der Waals surface area contributed by atoms with Gasteiger partial charge in [-0.3, -0.25) is 0 Å². The average molecular weight is 190 g/mol. The van der Waals surface area contributed by atoms with Crippen LogP contribution in [0.2, 0.25) is 0 Å². The summed E-state index contributed by atoms with van der Waals surface area (Å²) in [5.74, 6) is 0. The number of hydrogen-bond donors (Lipinski definition) is 2. The molecule has 3 N–H and O–H groups in total. The first kappa shape index (κ1) is 9.69. The lowest BCUT2D eigenvalue weighted by atomic mass is 9.90. The van der Waals surface area contributed by atoms with Crippen LogP contribution in [0.4, 0.5) is 0 Å². The molecule has 76 valence electrons. The fourth-order valence-electron chi connectivity index (χ4n) is 2.13. The van der Waals surface area contributed by atoms with Crippen molar-refractivity contribution in [1.82, 2.24) is 5.32 Å². The van der Waals surface area contributed by atoms with Crippen LogP contribution in [0.15, 0.2) is 30.3 Å². The maximum Gasteiger partial charge on any atom is 0.0475 e. The molecular weight excluding hydrogens is 172 g/mol. The zero-order chi connectivity index (χ0) is 9.97. The van der Waals surface area contributed by atoms with Crippen molar-refractivity contribution in [2.24, 2.45) is 5.73 Å². The van der Waals surface area contributed by atoms with E-state index in [1.54, 1.807) is 0 Å². The number of benzene rings is 1. The Hall–Kier alpha value is -0.860. The van der Waals surface area contributed by atoms with Gasteiger partial charge in [-0.05, 0) is 25.3 Å². The van der Waals surface area contributed by atoms with E-state index in [4.69, 9.17) is 5.73 Å². The van der Waals surface area contributed by atoms with E-state index in [0.29, 0.717) is 12.1 Å². The fourth-order valence-corrected chi connectivity index (χ4v) is 2.13. The molecule has 1 aromatic rings. The molecule has 0 aliphatic carbocycles. The van der Waals surface area contributed by atoms with Crippen molar-refractivity contribution in [2.45, 2.75) is 37.9 Å². The van der Waals surface area contributed by atoms with Crippen molar-refractivity contribution in [1.29, 1.82) is 0 Å². The van der Waals surface area contributed by atoms with Gasteiger partial charge in [0.1, 0.15) is 0 Å². The van der Waals surface area contributed by atoms with Gasteiger partial charge in [0, 0.05) is 18.1 Å². The summed E-state index contributed by atoms with van der Waals surface area (Å²) in [4.78, 5) is 0. The summed E-state index contributed by atoms with van der Waals surface area (Å²) in [5.41, 5.74) is 7.42. The highest BCUT2D eigenvalue weighted by Gasteiger charge is 2.25. The molecule has 0 unspecified atom stereocenters. The van der Waals surface area contributed by atoms with Crippen LogP contribution in [0.3, 0.4) is 0 Å². The maximum atomic E-state index is 6.11. The highest BCUT2D eigenvalue weighted by atomic mass is 15.0. The minimum atomic E-state index is 0.258. The molecule has 14 heavy (non-hydrogen) atoms. The molecule has 1 fully saturated rings. The maximum absolute atomic E-state index is 6.11. The zero-order valence-corrected chi connectivity index (χ0v) is 8.61. The van der Waals surface area contributed by atoms with Gasteiger partial charge in [-0.2, -0.15) is 0 Å². The van der Waals surface area contributed by atoms with Gasteiger partial charge in [0.15, 0.2) is 0 Å². The summed E-state index contributed by atoms with van der Waals surface area (Å²) >= 11 is 0. The van der Waals surface area contributed by atoms with Gasteiger partial charge in [-0.15, -0.1) is 0 Å². The third kappa shape index (κ3) is 1.97. The van der Waals surface area contributed by atoms with Gasteiger partial charge in [0.2, 0.25) is 0 Å². The van der Waals surface area contributed by atoms with Crippen LogP contribution < -0.4 is 11.1 Å². The highest BCUT2D eigenvalue weighted by molar-refractivity contribution is 5.21. The van der Waals surface area contributed by atoms with Crippen LogP contribution in [0, 0.1) is 0 Å². The number of hydrogen-bond acceptors (Lipinski definition) is 2. The number of nitrogens with two attached hydrogens (primary N) is 1. The summed E-state index contributed by atoms with van der Waals surface area (Å²) in [5, 5.41) is 3.56. The Labute approximate surface area is 85.5 Å². The first-order valence-electron chi connectivity index (χ1n) is 5.34. The van der Waals surface area contributed by atoms with E-state index in [1.165, 1.54) is 12.0 Å². The van der Waals surface area contributed by atoms with E-state index in [-0.39, 0.29) is 6.04 Å². The minimum Gasteiger partial charge on any atom is -0.326 e. The Morgan fingerprint density at radius 3 is 2.64 bits per heavy atom. The summed E-state index contributed by atoms with van der Waals surface area (Å²) < 4.78 is 0. The van der Waals surface area contributed by atoms with E-state index >= 15 is 0 Å². The molecule has 1 saturated heterocycles. The van der Waals surface area contributed by atoms with Crippen LogP contribution in [0.25, 0.3) is 0 Å². The molecule has 2 rings (SSSR count). The molecule has 2 nitrogen and oxygen atoms in total. The van der Waals surface area contributed by atoms with Crippen LogP contribution >= 0.6 is 0 Å². The minimum absolute atomic E-state index is 0.258. The summed E-state index contributed by atoms with van der Waals surface area (Å²) in [6, 6.07) is 11.7. The second kappa shape index (κ2) is 4.11.